The van der Waals surface area contributed by atoms with E-state index in [1.165, 1.54) is 4.88 Å². The third-order valence-corrected chi connectivity index (χ3v) is 5.62. The maximum Gasteiger partial charge on any atom is 0.185 e. The van der Waals surface area contributed by atoms with Crippen LogP contribution in [0.1, 0.15) is 25.6 Å². The SMILES string of the molecule is CC(C)(C)NCc1cnc(N2CCS(=O)(=O)CC2)s1. The second-order valence-corrected chi connectivity index (χ2v) is 9.25. The average Bonchev–Trinajstić information content (AvgIpc) is 2.74. The first-order valence-electron chi connectivity index (χ1n) is 6.40. The standard InChI is InChI=1S/C12H21N3O2S2/c1-12(2,3)14-9-10-8-13-11(18-10)15-4-6-19(16,17)7-5-15/h8,14H,4-7,9H2,1-3H3. The fraction of sp³-hybridized carbons (Fsp3) is 0.750. The Morgan fingerprint density at radius 3 is 2.58 bits per heavy atom. The molecule has 7 heteroatoms. The van der Waals surface area contributed by atoms with Gasteiger partial charge < -0.3 is 10.2 Å². The summed E-state index contributed by atoms with van der Waals surface area (Å²) in [5.74, 6) is 0.476. The molecule has 2 heterocycles. The maximum atomic E-state index is 11.4. The normalized spacial score (nSPS) is 19.6. The number of nitrogens with one attached hydrogen (secondary N) is 1. The summed E-state index contributed by atoms with van der Waals surface area (Å²) in [5, 5.41) is 4.35. The van der Waals surface area contributed by atoms with Crippen LogP contribution in [0.25, 0.3) is 0 Å². The molecule has 0 atom stereocenters. The molecule has 1 saturated heterocycles. The van der Waals surface area contributed by atoms with Crippen LogP contribution in [0.4, 0.5) is 5.13 Å². The van der Waals surface area contributed by atoms with E-state index in [4.69, 9.17) is 0 Å². The predicted octanol–water partition coefficient (Wildman–Crippen LogP) is 1.27. The highest BCUT2D eigenvalue weighted by molar-refractivity contribution is 7.91. The second-order valence-electron chi connectivity index (χ2n) is 5.85. The molecule has 1 fully saturated rings. The lowest BCUT2D eigenvalue weighted by molar-refractivity contribution is 0.426. The molecule has 0 unspecified atom stereocenters. The van der Waals surface area contributed by atoms with E-state index < -0.39 is 9.84 Å². The first-order chi connectivity index (χ1) is 8.75. The van der Waals surface area contributed by atoms with E-state index in [1.54, 1.807) is 11.3 Å². The van der Waals surface area contributed by atoms with E-state index in [2.05, 4.69) is 36.0 Å². The van der Waals surface area contributed by atoms with Gasteiger partial charge in [-0.05, 0) is 20.8 Å². The number of hydrogen-bond acceptors (Lipinski definition) is 6. The van der Waals surface area contributed by atoms with Crippen molar-refractivity contribution in [2.75, 3.05) is 29.5 Å². The molecule has 0 saturated carbocycles. The molecule has 1 aromatic heterocycles. The zero-order valence-electron chi connectivity index (χ0n) is 11.6. The molecule has 0 aromatic carbocycles. The minimum Gasteiger partial charge on any atom is -0.346 e. The van der Waals surface area contributed by atoms with Crippen LogP contribution < -0.4 is 10.2 Å². The van der Waals surface area contributed by atoms with Crippen LogP contribution in [-0.2, 0) is 16.4 Å². The first kappa shape index (κ1) is 14.7. The molecule has 0 radical (unpaired) electrons. The van der Waals surface area contributed by atoms with Crippen LogP contribution in [0, 0.1) is 0 Å². The van der Waals surface area contributed by atoms with Gasteiger partial charge in [0.2, 0.25) is 0 Å². The van der Waals surface area contributed by atoms with Crippen molar-refractivity contribution < 1.29 is 8.42 Å². The molecule has 108 valence electrons. The molecular formula is C12H21N3O2S2. The zero-order valence-corrected chi connectivity index (χ0v) is 13.3. The van der Waals surface area contributed by atoms with Gasteiger partial charge in [-0.25, -0.2) is 13.4 Å². The number of aromatic nitrogens is 1. The lowest BCUT2D eigenvalue weighted by Crippen LogP contribution is -2.40. The number of sulfone groups is 1. The van der Waals surface area contributed by atoms with Gasteiger partial charge in [-0.3, -0.25) is 0 Å². The Labute approximate surface area is 119 Å². The Morgan fingerprint density at radius 2 is 2.00 bits per heavy atom. The van der Waals surface area contributed by atoms with Crippen LogP contribution in [0.5, 0.6) is 0 Å². The lowest BCUT2D eigenvalue weighted by atomic mass is 10.1. The number of hydrogen-bond donors (Lipinski definition) is 1. The molecule has 0 amide bonds. The van der Waals surface area contributed by atoms with Gasteiger partial charge in [0.25, 0.3) is 0 Å². The van der Waals surface area contributed by atoms with E-state index >= 15 is 0 Å². The van der Waals surface area contributed by atoms with Crippen LogP contribution >= 0.6 is 11.3 Å². The summed E-state index contributed by atoms with van der Waals surface area (Å²) in [6.45, 7) is 8.30. The van der Waals surface area contributed by atoms with Gasteiger partial charge in [-0.2, -0.15) is 0 Å². The van der Waals surface area contributed by atoms with Crippen molar-refractivity contribution in [3.05, 3.63) is 11.1 Å². The molecule has 19 heavy (non-hydrogen) atoms. The van der Waals surface area contributed by atoms with Crippen molar-refractivity contribution >= 4 is 26.3 Å². The molecular weight excluding hydrogens is 282 g/mol. The van der Waals surface area contributed by atoms with Crippen molar-refractivity contribution in [3.8, 4) is 0 Å². The third kappa shape index (κ3) is 4.43. The van der Waals surface area contributed by atoms with Crippen LogP contribution in [0.3, 0.4) is 0 Å². The molecule has 1 aliphatic rings. The van der Waals surface area contributed by atoms with Crippen molar-refractivity contribution in [2.45, 2.75) is 32.9 Å². The topological polar surface area (TPSA) is 62.3 Å². The maximum absolute atomic E-state index is 11.4. The van der Waals surface area contributed by atoms with Gasteiger partial charge >= 0.3 is 0 Å². The van der Waals surface area contributed by atoms with E-state index in [9.17, 15) is 8.42 Å². The third-order valence-electron chi connectivity index (χ3n) is 2.95. The van der Waals surface area contributed by atoms with Crippen molar-refractivity contribution in [2.24, 2.45) is 0 Å². The Balaban J connectivity index is 1.94. The largest absolute Gasteiger partial charge is 0.346 e. The second kappa shape index (κ2) is 5.38. The van der Waals surface area contributed by atoms with Gasteiger partial charge in [0.05, 0.1) is 11.5 Å². The lowest BCUT2D eigenvalue weighted by Gasteiger charge is -2.26. The Bertz CT molecular complexity index is 517. The Kier molecular flexibility index (Phi) is 4.17. The van der Waals surface area contributed by atoms with Gasteiger partial charge in [0.1, 0.15) is 0 Å². The Morgan fingerprint density at radius 1 is 1.37 bits per heavy atom. The fourth-order valence-corrected chi connectivity index (χ4v) is 3.88. The zero-order chi connectivity index (χ0) is 14.1. The smallest absolute Gasteiger partial charge is 0.185 e. The van der Waals surface area contributed by atoms with Gasteiger partial charge in [0, 0.05) is 36.2 Å². The van der Waals surface area contributed by atoms with Crippen molar-refractivity contribution in [3.63, 3.8) is 0 Å². The Hall–Kier alpha value is -0.660. The quantitative estimate of drug-likeness (QED) is 0.911. The highest BCUT2D eigenvalue weighted by atomic mass is 32.2. The van der Waals surface area contributed by atoms with Gasteiger partial charge in [-0.15, -0.1) is 11.3 Å². The minimum absolute atomic E-state index is 0.0867. The summed E-state index contributed by atoms with van der Waals surface area (Å²) in [4.78, 5) is 7.64. The summed E-state index contributed by atoms with van der Waals surface area (Å²) in [7, 11) is -2.82. The molecule has 0 spiro atoms. The fourth-order valence-electron chi connectivity index (χ4n) is 1.78. The molecule has 0 aliphatic carbocycles. The van der Waals surface area contributed by atoms with Gasteiger partial charge in [0.15, 0.2) is 15.0 Å². The van der Waals surface area contributed by atoms with Crippen molar-refractivity contribution in [1.82, 2.24) is 10.3 Å². The van der Waals surface area contributed by atoms with Crippen LogP contribution in [-0.4, -0.2) is 43.5 Å². The number of anilines is 1. The minimum atomic E-state index is -2.82. The molecule has 2 rings (SSSR count). The van der Waals surface area contributed by atoms with E-state index in [-0.39, 0.29) is 17.0 Å². The highest BCUT2D eigenvalue weighted by Crippen LogP contribution is 2.24. The molecule has 1 aliphatic heterocycles. The summed E-state index contributed by atoms with van der Waals surface area (Å²) in [6, 6.07) is 0. The number of nitrogens with zero attached hydrogens (tertiary/aromatic N) is 2. The number of thiazole rings is 1. The molecule has 5 nitrogen and oxygen atoms in total. The molecule has 1 aromatic rings. The monoisotopic (exact) mass is 303 g/mol. The average molecular weight is 303 g/mol. The summed E-state index contributed by atoms with van der Waals surface area (Å²) in [6.07, 6.45) is 1.88. The van der Waals surface area contributed by atoms with Crippen LogP contribution in [0.15, 0.2) is 6.20 Å². The summed E-state index contributed by atoms with van der Waals surface area (Å²) in [5.41, 5.74) is 0.0867. The van der Waals surface area contributed by atoms with Gasteiger partial charge in [-0.1, -0.05) is 0 Å². The molecule has 1 N–H and O–H groups in total. The first-order valence-corrected chi connectivity index (χ1v) is 9.04. The number of rotatable bonds is 3. The van der Waals surface area contributed by atoms with E-state index in [0.717, 1.165) is 11.7 Å². The highest BCUT2D eigenvalue weighted by Gasteiger charge is 2.23. The van der Waals surface area contributed by atoms with E-state index in [1.807, 2.05) is 6.20 Å². The van der Waals surface area contributed by atoms with Crippen molar-refractivity contribution in [1.29, 1.82) is 0 Å². The predicted molar refractivity (Wildman–Crippen MR) is 79.6 cm³/mol. The summed E-state index contributed by atoms with van der Waals surface area (Å²) >= 11 is 1.64. The van der Waals surface area contributed by atoms with E-state index in [0.29, 0.717) is 13.1 Å². The van der Waals surface area contributed by atoms with Crippen LogP contribution in [0.2, 0.25) is 0 Å². The molecule has 0 bridgehead atoms. The summed E-state index contributed by atoms with van der Waals surface area (Å²) < 4.78 is 22.8.